The molecule has 24 heavy (non-hydrogen) atoms. The van der Waals surface area contributed by atoms with Crippen molar-refractivity contribution in [1.29, 1.82) is 0 Å². The number of aryl methyl sites for hydroxylation is 4. The highest BCUT2D eigenvalue weighted by molar-refractivity contribution is 5.95. The van der Waals surface area contributed by atoms with Crippen LogP contribution in [-0.2, 0) is 0 Å². The van der Waals surface area contributed by atoms with E-state index < -0.39 is 0 Å². The number of hydrogen-bond acceptors (Lipinski definition) is 3. The number of carbonyl (C=O) groups is 1. The normalized spacial score (nSPS) is 11.3. The summed E-state index contributed by atoms with van der Waals surface area (Å²) in [6, 6.07) is 9.83. The summed E-state index contributed by atoms with van der Waals surface area (Å²) >= 11 is 0. The Hall–Kier alpha value is -2.95. The van der Waals surface area contributed by atoms with E-state index in [2.05, 4.69) is 34.6 Å². The molecule has 0 spiro atoms. The number of imidazole rings is 1. The fraction of sp³-hybridized carbons (Fsp3) is 0.211. The molecule has 0 fully saturated rings. The van der Waals surface area contributed by atoms with E-state index in [4.69, 9.17) is 0 Å². The highest BCUT2D eigenvalue weighted by Gasteiger charge is 2.15. The molecule has 0 saturated carbocycles. The van der Waals surface area contributed by atoms with Gasteiger partial charge in [-0.15, -0.1) is 0 Å². The average Bonchev–Trinajstić information content (AvgIpc) is 2.85. The molecule has 0 unspecified atom stereocenters. The van der Waals surface area contributed by atoms with Crippen molar-refractivity contribution in [2.75, 3.05) is 0 Å². The van der Waals surface area contributed by atoms with Gasteiger partial charge >= 0.3 is 0 Å². The van der Waals surface area contributed by atoms with Crippen molar-refractivity contribution >= 4 is 17.8 Å². The first-order chi connectivity index (χ1) is 11.5. The Morgan fingerprint density at radius 3 is 2.58 bits per heavy atom. The Kier molecular flexibility index (Phi) is 4.16. The van der Waals surface area contributed by atoms with Gasteiger partial charge in [-0.25, -0.2) is 10.4 Å². The van der Waals surface area contributed by atoms with Crippen LogP contribution in [0.3, 0.4) is 0 Å². The molecule has 3 aromatic rings. The van der Waals surface area contributed by atoms with Crippen LogP contribution in [0.2, 0.25) is 0 Å². The maximum Gasteiger partial charge on any atom is 0.290 e. The number of fused-ring (bicyclic) bond motifs is 1. The lowest BCUT2D eigenvalue weighted by Gasteiger charge is -2.06. The number of aromatic nitrogens is 2. The van der Waals surface area contributed by atoms with Gasteiger partial charge in [-0.2, -0.15) is 5.10 Å². The Morgan fingerprint density at radius 1 is 1.17 bits per heavy atom. The molecule has 1 aromatic carbocycles. The second-order valence-electron chi connectivity index (χ2n) is 5.99. The standard InChI is InChI=1S/C19H20N4O/c1-12-9-13(2)16(14(3)10-12)11-20-22-19(24)18-15(4)21-17-7-5-6-8-23(17)18/h5-11H,1-4H3,(H,22,24)/b20-11-. The molecule has 0 bridgehead atoms. The van der Waals surface area contributed by atoms with Gasteiger partial charge in [0.05, 0.1) is 11.9 Å². The Bertz CT molecular complexity index is 930. The number of hydrogen-bond donors (Lipinski definition) is 1. The highest BCUT2D eigenvalue weighted by atomic mass is 16.2. The van der Waals surface area contributed by atoms with Crippen LogP contribution in [-0.4, -0.2) is 21.5 Å². The molecule has 2 aromatic heterocycles. The van der Waals surface area contributed by atoms with E-state index in [0.29, 0.717) is 11.4 Å². The van der Waals surface area contributed by atoms with Crippen molar-refractivity contribution in [3.05, 3.63) is 70.2 Å². The van der Waals surface area contributed by atoms with Crippen molar-refractivity contribution in [3.63, 3.8) is 0 Å². The zero-order valence-electron chi connectivity index (χ0n) is 14.3. The second-order valence-corrected chi connectivity index (χ2v) is 5.99. The Morgan fingerprint density at radius 2 is 1.88 bits per heavy atom. The predicted octanol–water partition coefficient (Wildman–Crippen LogP) is 3.33. The van der Waals surface area contributed by atoms with Gasteiger partial charge in [-0.05, 0) is 51.0 Å². The Labute approximate surface area is 141 Å². The van der Waals surface area contributed by atoms with Crippen LogP contribution in [0.15, 0.2) is 41.6 Å². The molecular formula is C19H20N4O. The molecule has 5 nitrogen and oxygen atoms in total. The summed E-state index contributed by atoms with van der Waals surface area (Å²) in [5.41, 5.74) is 9.04. The molecular weight excluding hydrogens is 300 g/mol. The summed E-state index contributed by atoms with van der Waals surface area (Å²) < 4.78 is 1.77. The largest absolute Gasteiger partial charge is 0.295 e. The number of pyridine rings is 1. The minimum Gasteiger partial charge on any atom is -0.295 e. The van der Waals surface area contributed by atoms with Gasteiger partial charge in [0.25, 0.3) is 5.91 Å². The van der Waals surface area contributed by atoms with Crippen molar-refractivity contribution in [1.82, 2.24) is 14.8 Å². The number of nitrogens with one attached hydrogen (secondary N) is 1. The monoisotopic (exact) mass is 320 g/mol. The van der Waals surface area contributed by atoms with E-state index >= 15 is 0 Å². The van der Waals surface area contributed by atoms with Gasteiger partial charge in [0.2, 0.25) is 0 Å². The molecule has 3 rings (SSSR count). The molecule has 0 radical (unpaired) electrons. The molecule has 2 heterocycles. The van der Waals surface area contributed by atoms with E-state index in [0.717, 1.165) is 22.3 Å². The number of rotatable bonds is 3. The number of amides is 1. The lowest BCUT2D eigenvalue weighted by molar-refractivity contribution is 0.0948. The maximum absolute atomic E-state index is 12.5. The van der Waals surface area contributed by atoms with Crippen LogP contribution >= 0.6 is 0 Å². The summed E-state index contributed by atoms with van der Waals surface area (Å²) in [4.78, 5) is 16.9. The summed E-state index contributed by atoms with van der Waals surface area (Å²) in [5, 5.41) is 4.13. The third-order valence-electron chi connectivity index (χ3n) is 4.02. The van der Waals surface area contributed by atoms with E-state index in [9.17, 15) is 4.79 Å². The van der Waals surface area contributed by atoms with Crippen LogP contribution < -0.4 is 5.43 Å². The number of benzene rings is 1. The zero-order chi connectivity index (χ0) is 17.3. The minimum absolute atomic E-state index is 0.273. The second kappa shape index (κ2) is 6.28. The molecule has 5 heteroatoms. The summed E-state index contributed by atoms with van der Waals surface area (Å²) in [6.45, 7) is 7.96. The van der Waals surface area contributed by atoms with E-state index in [-0.39, 0.29) is 5.91 Å². The van der Waals surface area contributed by atoms with Gasteiger partial charge in [-0.3, -0.25) is 9.20 Å². The Balaban J connectivity index is 1.84. The van der Waals surface area contributed by atoms with E-state index in [1.54, 1.807) is 10.6 Å². The van der Waals surface area contributed by atoms with Crippen LogP contribution in [0.25, 0.3) is 5.65 Å². The first kappa shape index (κ1) is 15.9. The zero-order valence-corrected chi connectivity index (χ0v) is 14.3. The van der Waals surface area contributed by atoms with Crippen molar-refractivity contribution in [2.24, 2.45) is 5.10 Å². The molecule has 1 amide bonds. The van der Waals surface area contributed by atoms with Crippen LogP contribution in [0.4, 0.5) is 0 Å². The molecule has 1 N–H and O–H groups in total. The molecule has 0 atom stereocenters. The van der Waals surface area contributed by atoms with E-state index in [1.165, 1.54) is 5.56 Å². The van der Waals surface area contributed by atoms with Crippen molar-refractivity contribution in [3.8, 4) is 0 Å². The first-order valence-corrected chi connectivity index (χ1v) is 7.82. The number of carbonyl (C=O) groups excluding carboxylic acids is 1. The minimum atomic E-state index is -0.273. The quantitative estimate of drug-likeness (QED) is 0.594. The summed E-state index contributed by atoms with van der Waals surface area (Å²) in [7, 11) is 0. The van der Waals surface area contributed by atoms with Gasteiger partial charge in [0, 0.05) is 11.8 Å². The van der Waals surface area contributed by atoms with Crippen molar-refractivity contribution in [2.45, 2.75) is 27.7 Å². The number of hydrazone groups is 1. The molecule has 0 aliphatic carbocycles. The molecule has 0 saturated heterocycles. The predicted molar refractivity (Wildman–Crippen MR) is 95.6 cm³/mol. The van der Waals surface area contributed by atoms with E-state index in [1.807, 2.05) is 45.2 Å². The van der Waals surface area contributed by atoms with Gasteiger partial charge in [0.15, 0.2) is 0 Å². The average molecular weight is 320 g/mol. The van der Waals surface area contributed by atoms with Crippen LogP contribution in [0, 0.1) is 27.7 Å². The van der Waals surface area contributed by atoms with Gasteiger partial charge in [-0.1, -0.05) is 23.8 Å². The van der Waals surface area contributed by atoms with Crippen LogP contribution in [0.5, 0.6) is 0 Å². The first-order valence-electron chi connectivity index (χ1n) is 7.82. The van der Waals surface area contributed by atoms with Gasteiger partial charge in [0.1, 0.15) is 11.3 Å². The molecule has 0 aliphatic heterocycles. The maximum atomic E-state index is 12.5. The van der Waals surface area contributed by atoms with Gasteiger partial charge < -0.3 is 0 Å². The lowest BCUT2D eigenvalue weighted by Crippen LogP contribution is -2.20. The molecule has 122 valence electrons. The fourth-order valence-electron chi connectivity index (χ4n) is 2.99. The fourth-order valence-corrected chi connectivity index (χ4v) is 2.99. The third kappa shape index (κ3) is 2.93. The summed E-state index contributed by atoms with van der Waals surface area (Å²) in [6.07, 6.45) is 3.52. The lowest BCUT2D eigenvalue weighted by atomic mass is 10.0. The topological polar surface area (TPSA) is 58.8 Å². The van der Waals surface area contributed by atoms with Crippen molar-refractivity contribution < 1.29 is 4.79 Å². The smallest absolute Gasteiger partial charge is 0.290 e. The number of nitrogens with zero attached hydrogens (tertiary/aromatic N) is 3. The SMILES string of the molecule is Cc1cc(C)c(/C=N\NC(=O)c2c(C)nc3ccccn23)c(C)c1. The summed E-state index contributed by atoms with van der Waals surface area (Å²) in [5.74, 6) is -0.273. The highest BCUT2D eigenvalue weighted by Crippen LogP contribution is 2.14. The molecule has 0 aliphatic rings. The van der Waals surface area contributed by atoms with Crippen LogP contribution in [0.1, 0.15) is 38.4 Å². The third-order valence-corrected chi connectivity index (χ3v) is 4.02.